The van der Waals surface area contributed by atoms with Crippen LogP contribution >= 0.6 is 0 Å². The molecule has 37 heavy (non-hydrogen) atoms. The Bertz CT molecular complexity index is 1770. The maximum atomic E-state index is 11.8. The summed E-state index contributed by atoms with van der Waals surface area (Å²) in [5.74, 6) is 1.24. The lowest BCUT2D eigenvalue weighted by Gasteiger charge is -2.06. The molecule has 5 heterocycles. The molecule has 0 aliphatic heterocycles. The third-order valence-electron chi connectivity index (χ3n) is 6.04. The summed E-state index contributed by atoms with van der Waals surface area (Å²) in [6, 6.07) is 15.4. The fraction of sp³-hybridized carbons (Fsp3) is 0.111. The van der Waals surface area contributed by atoms with Crippen molar-refractivity contribution < 1.29 is 9.53 Å². The number of aromatic amines is 2. The standard InChI is InChI=1S/C27H22N8O2/c1-3-22(36)30-17-11-16(13-28-14-17)20-7-8-21-24(31-20)25(35-34-21)27-32-23-19(9-10-29-26(23)33-27)15-5-4-6-18(12-15)37-2/h4-14H,3H2,1-2H3,(H,30,36)(H,34,35)(H,29,32,33). The number of fused-ring (bicyclic) bond motifs is 2. The molecule has 0 radical (unpaired) electrons. The van der Waals surface area contributed by atoms with Gasteiger partial charge >= 0.3 is 0 Å². The molecule has 0 aliphatic carbocycles. The lowest BCUT2D eigenvalue weighted by molar-refractivity contribution is -0.115. The van der Waals surface area contributed by atoms with E-state index in [1.54, 1.807) is 32.6 Å². The number of H-pyrrole nitrogens is 2. The van der Waals surface area contributed by atoms with Crippen molar-refractivity contribution in [2.45, 2.75) is 13.3 Å². The second-order valence-electron chi connectivity index (χ2n) is 8.40. The maximum Gasteiger partial charge on any atom is 0.224 e. The summed E-state index contributed by atoms with van der Waals surface area (Å²) in [6.45, 7) is 1.80. The lowest BCUT2D eigenvalue weighted by atomic mass is 10.1. The van der Waals surface area contributed by atoms with Gasteiger partial charge in [-0.1, -0.05) is 19.1 Å². The number of hydrogen-bond donors (Lipinski definition) is 3. The average Bonchev–Trinajstić information content (AvgIpc) is 3.56. The van der Waals surface area contributed by atoms with Gasteiger partial charge in [0.1, 0.15) is 11.3 Å². The first-order chi connectivity index (χ1) is 18.1. The Labute approximate surface area is 211 Å². The number of ether oxygens (including phenoxy) is 1. The molecule has 0 aliphatic rings. The Kier molecular flexibility index (Phi) is 5.53. The predicted octanol–water partition coefficient (Wildman–Crippen LogP) is 4.98. The first-order valence-electron chi connectivity index (χ1n) is 11.7. The Hall–Kier alpha value is -5.12. The van der Waals surface area contributed by atoms with Gasteiger partial charge in [0.05, 0.1) is 35.7 Å². The number of aromatic nitrogens is 7. The third kappa shape index (κ3) is 4.14. The molecule has 10 heteroatoms. The van der Waals surface area contributed by atoms with E-state index >= 15 is 0 Å². The average molecular weight is 491 g/mol. The van der Waals surface area contributed by atoms with Crippen LogP contribution in [0, 0.1) is 0 Å². The molecule has 10 nitrogen and oxygen atoms in total. The second kappa shape index (κ2) is 9.15. The smallest absolute Gasteiger partial charge is 0.224 e. The van der Waals surface area contributed by atoms with E-state index in [-0.39, 0.29) is 5.91 Å². The number of nitrogens with one attached hydrogen (secondary N) is 3. The summed E-state index contributed by atoms with van der Waals surface area (Å²) in [5.41, 5.74) is 7.39. The molecule has 0 atom stereocenters. The van der Waals surface area contributed by atoms with Gasteiger partial charge < -0.3 is 15.0 Å². The van der Waals surface area contributed by atoms with Gasteiger partial charge in [0.15, 0.2) is 17.2 Å². The zero-order valence-corrected chi connectivity index (χ0v) is 20.1. The number of nitrogens with zero attached hydrogens (tertiary/aromatic N) is 5. The van der Waals surface area contributed by atoms with E-state index in [2.05, 4.69) is 30.5 Å². The highest BCUT2D eigenvalue weighted by Gasteiger charge is 2.17. The van der Waals surface area contributed by atoms with Crippen LogP contribution in [-0.2, 0) is 4.79 Å². The molecule has 5 aromatic heterocycles. The molecule has 1 amide bonds. The molecule has 1 aromatic carbocycles. The van der Waals surface area contributed by atoms with Gasteiger partial charge in [-0.2, -0.15) is 5.10 Å². The summed E-state index contributed by atoms with van der Waals surface area (Å²) in [6.07, 6.45) is 5.44. The van der Waals surface area contributed by atoms with Crippen molar-refractivity contribution in [3.8, 4) is 39.7 Å². The van der Waals surface area contributed by atoms with Gasteiger partial charge in [0.2, 0.25) is 5.91 Å². The van der Waals surface area contributed by atoms with E-state index in [0.717, 1.165) is 33.5 Å². The molecule has 182 valence electrons. The molecule has 0 spiro atoms. The Morgan fingerprint density at radius 2 is 1.97 bits per heavy atom. The predicted molar refractivity (Wildman–Crippen MR) is 141 cm³/mol. The first-order valence-corrected chi connectivity index (χ1v) is 11.7. The minimum atomic E-state index is -0.0775. The van der Waals surface area contributed by atoms with Crippen molar-refractivity contribution in [1.29, 1.82) is 0 Å². The highest BCUT2D eigenvalue weighted by atomic mass is 16.5. The van der Waals surface area contributed by atoms with Crippen LogP contribution in [-0.4, -0.2) is 48.1 Å². The number of rotatable bonds is 6. The minimum Gasteiger partial charge on any atom is -0.497 e. The van der Waals surface area contributed by atoms with Gasteiger partial charge in [-0.3, -0.25) is 14.9 Å². The summed E-state index contributed by atoms with van der Waals surface area (Å²) in [7, 11) is 1.65. The third-order valence-corrected chi connectivity index (χ3v) is 6.04. The van der Waals surface area contributed by atoms with E-state index in [4.69, 9.17) is 14.7 Å². The molecule has 0 saturated carbocycles. The van der Waals surface area contributed by atoms with Gasteiger partial charge in [-0.15, -0.1) is 0 Å². The number of pyridine rings is 3. The summed E-state index contributed by atoms with van der Waals surface area (Å²) >= 11 is 0. The summed E-state index contributed by atoms with van der Waals surface area (Å²) < 4.78 is 5.39. The molecule has 0 bridgehead atoms. The van der Waals surface area contributed by atoms with Crippen LogP contribution in [0.5, 0.6) is 5.75 Å². The van der Waals surface area contributed by atoms with Gasteiger partial charge in [0.25, 0.3) is 0 Å². The number of imidazole rings is 1. The fourth-order valence-electron chi connectivity index (χ4n) is 4.18. The van der Waals surface area contributed by atoms with Crippen molar-refractivity contribution in [2.24, 2.45) is 0 Å². The number of anilines is 1. The Balaban J connectivity index is 1.42. The molecule has 6 aromatic rings. The molecular formula is C27H22N8O2. The Morgan fingerprint density at radius 3 is 2.84 bits per heavy atom. The van der Waals surface area contributed by atoms with Crippen molar-refractivity contribution >= 4 is 33.8 Å². The fourth-order valence-corrected chi connectivity index (χ4v) is 4.18. The van der Waals surface area contributed by atoms with E-state index in [1.807, 2.05) is 48.5 Å². The summed E-state index contributed by atoms with van der Waals surface area (Å²) in [5, 5.41) is 10.4. The maximum absolute atomic E-state index is 11.8. The van der Waals surface area contributed by atoms with E-state index in [1.165, 1.54) is 0 Å². The van der Waals surface area contributed by atoms with Gasteiger partial charge in [-0.25, -0.2) is 15.0 Å². The number of benzene rings is 1. The van der Waals surface area contributed by atoms with E-state index in [9.17, 15) is 4.79 Å². The van der Waals surface area contributed by atoms with Crippen molar-refractivity contribution in [3.63, 3.8) is 0 Å². The van der Waals surface area contributed by atoms with E-state index in [0.29, 0.717) is 40.5 Å². The number of hydrogen-bond acceptors (Lipinski definition) is 7. The first kappa shape index (κ1) is 22.4. The zero-order valence-electron chi connectivity index (χ0n) is 20.1. The highest BCUT2D eigenvalue weighted by Crippen LogP contribution is 2.32. The largest absolute Gasteiger partial charge is 0.497 e. The monoisotopic (exact) mass is 490 g/mol. The van der Waals surface area contributed by atoms with Crippen LogP contribution in [0.1, 0.15) is 13.3 Å². The number of amides is 1. The number of carbonyl (C=O) groups is 1. The Morgan fingerprint density at radius 1 is 1.05 bits per heavy atom. The zero-order chi connectivity index (χ0) is 25.4. The van der Waals surface area contributed by atoms with Crippen LogP contribution < -0.4 is 10.1 Å². The SMILES string of the molecule is CCC(=O)Nc1cncc(-c2ccc3[nH]nc(-c4nc5nccc(-c6cccc(OC)c6)c5[nH]4)c3n2)c1. The van der Waals surface area contributed by atoms with E-state index < -0.39 is 0 Å². The van der Waals surface area contributed by atoms with Crippen molar-refractivity contribution in [1.82, 2.24) is 35.1 Å². The quantitative estimate of drug-likeness (QED) is 0.300. The topological polar surface area (TPSA) is 134 Å². The highest BCUT2D eigenvalue weighted by molar-refractivity contribution is 5.95. The van der Waals surface area contributed by atoms with Crippen LogP contribution in [0.25, 0.3) is 56.1 Å². The molecule has 0 unspecified atom stereocenters. The lowest BCUT2D eigenvalue weighted by Crippen LogP contribution is -2.09. The normalized spacial score (nSPS) is 11.2. The van der Waals surface area contributed by atoms with Gasteiger partial charge in [-0.05, 0) is 42.0 Å². The number of carbonyl (C=O) groups excluding carboxylic acids is 1. The van der Waals surface area contributed by atoms with Gasteiger partial charge in [0, 0.05) is 29.9 Å². The second-order valence-corrected chi connectivity index (χ2v) is 8.40. The van der Waals surface area contributed by atoms with Crippen molar-refractivity contribution in [2.75, 3.05) is 12.4 Å². The molecule has 0 saturated heterocycles. The minimum absolute atomic E-state index is 0.0775. The van der Waals surface area contributed by atoms with Crippen LogP contribution in [0.4, 0.5) is 5.69 Å². The molecule has 6 rings (SSSR count). The molecule has 3 N–H and O–H groups in total. The van der Waals surface area contributed by atoms with Crippen molar-refractivity contribution in [3.05, 3.63) is 67.1 Å². The molecule has 0 fully saturated rings. The number of methoxy groups -OCH3 is 1. The summed E-state index contributed by atoms with van der Waals surface area (Å²) in [4.78, 5) is 33.5. The van der Waals surface area contributed by atoms with Crippen LogP contribution in [0.2, 0.25) is 0 Å². The molecular weight excluding hydrogens is 468 g/mol. The van der Waals surface area contributed by atoms with Crippen LogP contribution in [0.15, 0.2) is 67.1 Å². The van der Waals surface area contributed by atoms with Crippen LogP contribution in [0.3, 0.4) is 0 Å².